The van der Waals surface area contributed by atoms with Crippen LogP contribution in [0.15, 0.2) is 24.3 Å². The Kier molecular flexibility index (Phi) is 5.17. The van der Waals surface area contributed by atoms with Gasteiger partial charge in [0.2, 0.25) is 5.91 Å². The minimum atomic E-state index is -0.0521. The van der Waals surface area contributed by atoms with Crippen molar-refractivity contribution in [3.05, 3.63) is 41.2 Å². The number of carbonyl (C=O) groups is 1. The summed E-state index contributed by atoms with van der Waals surface area (Å²) < 4.78 is 2.00. The molecule has 1 heterocycles. The molecule has 2 aromatic rings. The van der Waals surface area contributed by atoms with Crippen molar-refractivity contribution in [3.63, 3.8) is 0 Å². The van der Waals surface area contributed by atoms with Crippen LogP contribution in [-0.4, -0.2) is 21.0 Å². The molecule has 21 heavy (non-hydrogen) atoms. The zero-order valence-electron chi connectivity index (χ0n) is 12.6. The van der Waals surface area contributed by atoms with Crippen molar-refractivity contribution in [1.29, 1.82) is 0 Å². The number of aryl methyl sites for hydroxylation is 3. The zero-order valence-corrected chi connectivity index (χ0v) is 14.2. The van der Waals surface area contributed by atoms with Crippen molar-refractivity contribution in [2.45, 2.75) is 33.6 Å². The number of nitrogens with zero attached hydrogens (tertiary/aromatic N) is 2. The normalized spacial score (nSPS) is 10.7. The lowest BCUT2D eigenvalue weighted by atomic mass is 10.1. The van der Waals surface area contributed by atoms with Crippen LogP contribution in [0.1, 0.15) is 30.8 Å². The summed E-state index contributed by atoms with van der Waals surface area (Å²) in [5, 5.41) is 7.80. The number of aromatic nitrogens is 2. The number of hydrogen-bond acceptors (Lipinski definition) is 2. The molecule has 1 N–H and O–H groups in total. The van der Waals surface area contributed by atoms with Gasteiger partial charge in [0, 0.05) is 11.4 Å². The van der Waals surface area contributed by atoms with Gasteiger partial charge in [-0.25, -0.2) is 4.68 Å². The Bertz CT molecular complexity index is 649. The first-order valence-electron chi connectivity index (χ1n) is 7.13. The third-order valence-electron chi connectivity index (χ3n) is 3.39. The third kappa shape index (κ3) is 3.53. The summed E-state index contributed by atoms with van der Waals surface area (Å²) in [5.41, 5.74) is 5.25. The Morgan fingerprint density at radius 1 is 1.29 bits per heavy atom. The van der Waals surface area contributed by atoms with Gasteiger partial charge in [-0.05, 0) is 49.6 Å². The number of alkyl halides is 1. The van der Waals surface area contributed by atoms with Crippen LogP contribution in [0.5, 0.6) is 0 Å². The van der Waals surface area contributed by atoms with Crippen LogP contribution < -0.4 is 5.32 Å². The highest BCUT2D eigenvalue weighted by atomic mass is 79.9. The number of carbonyl (C=O) groups excluding carboxylic acids is 1. The molecule has 2 rings (SSSR count). The van der Waals surface area contributed by atoms with E-state index in [9.17, 15) is 4.79 Å². The molecule has 112 valence electrons. The summed E-state index contributed by atoms with van der Waals surface area (Å²) in [6.45, 7) is 6.27. The highest BCUT2D eigenvalue weighted by Crippen LogP contribution is 2.21. The fourth-order valence-corrected chi connectivity index (χ4v) is 2.41. The number of rotatable bonds is 5. The molecule has 0 aliphatic carbocycles. The predicted octanol–water partition coefficient (Wildman–Crippen LogP) is 3.64. The first kappa shape index (κ1) is 15.8. The van der Waals surface area contributed by atoms with Gasteiger partial charge in [0.25, 0.3) is 0 Å². The average molecular weight is 350 g/mol. The number of benzene rings is 1. The van der Waals surface area contributed by atoms with Crippen molar-refractivity contribution in [2.75, 3.05) is 10.6 Å². The van der Waals surface area contributed by atoms with Crippen LogP contribution in [0.3, 0.4) is 0 Å². The summed E-state index contributed by atoms with van der Waals surface area (Å²) >= 11 is 3.15. The molecule has 1 aromatic heterocycles. The van der Waals surface area contributed by atoms with Crippen LogP contribution >= 0.6 is 15.9 Å². The summed E-state index contributed by atoms with van der Waals surface area (Å²) in [7, 11) is 0. The smallest absolute Gasteiger partial charge is 0.235 e. The highest BCUT2D eigenvalue weighted by Gasteiger charge is 2.10. The van der Waals surface area contributed by atoms with E-state index in [4.69, 9.17) is 0 Å². The molecular weight excluding hydrogens is 330 g/mol. The van der Waals surface area contributed by atoms with Crippen molar-refractivity contribution >= 4 is 27.5 Å². The molecular formula is C16H20BrN3O. The van der Waals surface area contributed by atoms with Gasteiger partial charge in [-0.3, -0.25) is 4.79 Å². The summed E-state index contributed by atoms with van der Waals surface area (Å²) in [4.78, 5) is 11.4. The summed E-state index contributed by atoms with van der Waals surface area (Å²) in [6.07, 6.45) is 1.87. The van der Waals surface area contributed by atoms with Crippen molar-refractivity contribution in [1.82, 2.24) is 9.78 Å². The summed E-state index contributed by atoms with van der Waals surface area (Å²) in [6, 6.07) is 8.04. The Hall–Kier alpha value is -1.62. The second-order valence-electron chi connectivity index (χ2n) is 4.93. The molecule has 5 heteroatoms. The van der Waals surface area contributed by atoms with E-state index in [1.165, 1.54) is 5.69 Å². The molecule has 0 saturated carbocycles. The fourth-order valence-electron chi connectivity index (χ4n) is 2.27. The topological polar surface area (TPSA) is 46.9 Å². The van der Waals surface area contributed by atoms with E-state index in [-0.39, 0.29) is 5.91 Å². The molecule has 0 fully saturated rings. The molecule has 0 aliphatic heterocycles. The van der Waals surface area contributed by atoms with E-state index >= 15 is 0 Å². The van der Waals surface area contributed by atoms with E-state index in [1.807, 2.05) is 29.8 Å². The number of halogens is 1. The van der Waals surface area contributed by atoms with Gasteiger partial charge in [-0.1, -0.05) is 29.8 Å². The van der Waals surface area contributed by atoms with Crippen LogP contribution in [0, 0.1) is 6.92 Å². The Labute approximate surface area is 133 Å². The standard InChI is InChI=1S/C16H20BrN3O/c1-4-12-9-14(5-2)20(19-12)15-7-6-13(8-11(15)3)18-16(21)10-17/h6-9H,4-5,10H2,1-3H3,(H,18,21). The van der Waals surface area contributed by atoms with E-state index < -0.39 is 0 Å². The maximum absolute atomic E-state index is 11.4. The molecule has 0 atom stereocenters. The predicted molar refractivity (Wildman–Crippen MR) is 89.5 cm³/mol. The second kappa shape index (κ2) is 6.89. The highest BCUT2D eigenvalue weighted by molar-refractivity contribution is 9.09. The fraction of sp³-hybridized carbons (Fsp3) is 0.375. The quantitative estimate of drug-likeness (QED) is 0.837. The summed E-state index contributed by atoms with van der Waals surface area (Å²) in [5.74, 6) is -0.0521. The van der Waals surface area contributed by atoms with Gasteiger partial charge < -0.3 is 5.32 Å². The van der Waals surface area contributed by atoms with E-state index in [2.05, 4.69) is 46.3 Å². The number of amides is 1. The van der Waals surface area contributed by atoms with Crippen LogP contribution in [0.4, 0.5) is 5.69 Å². The third-order valence-corrected chi connectivity index (χ3v) is 3.90. The zero-order chi connectivity index (χ0) is 15.4. The number of nitrogens with one attached hydrogen (secondary N) is 1. The van der Waals surface area contributed by atoms with E-state index in [0.29, 0.717) is 5.33 Å². The Balaban J connectivity index is 2.37. The monoisotopic (exact) mass is 349 g/mol. The molecule has 0 saturated heterocycles. The first-order valence-corrected chi connectivity index (χ1v) is 8.25. The van der Waals surface area contributed by atoms with E-state index in [1.54, 1.807) is 0 Å². The van der Waals surface area contributed by atoms with Gasteiger partial charge in [0.15, 0.2) is 0 Å². The first-order chi connectivity index (χ1) is 10.1. The minimum Gasteiger partial charge on any atom is -0.325 e. The molecule has 0 bridgehead atoms. The molecule has 1 amide bonds. The maximum Gasteiger partial charge on any atom is 0.235 e. The lowest BCUT2D eigenvalue weighted by Crippen LogP contribution is -2.12. The van der Waals surface area contributed by atoms with Gasteiger partial charge in [-0.2, -0.15) is 5.10 Å². The molecule has 0 spiro atoms. The lowest BCUT2D eigenvalue weighted by molar-refractivity contribution is -0.113. The van der Waals surface area contributed by atoms with Crippen molar-refractivity contribution in [3.8, 4) is 5.69 Å². The Morgan fingerprint density at radius 2 is 2.05 bits per heavy atom. The maximum atomic E-state index is 11.4. The Morgan fingerprint density at radius 3 is 2.62 bits per heavy atom. The van der Waals surface area contributed by atoms with Crippen LogP contribution in [0.2, 0.25) is 0 Å². The SMILES string of the molecule is CCc1cc(CC)n(-c2ccc(NC(=O)CBr)cc2C)n1. The molecule has 4 nitrogen and oxygen atoms in total. The second-order valence-corrected chi connectivity index (χ2v) is 5.49. The largest absolute Gasteiger partial charge is 0.325 e. The van der Waals surface area contributed by atoms with Crippen molar-refractivity contribution in [2.24, 2.45) is 0 Å². The number of anilines is 1. The lowest BCUT2D eigenvalue weighted by Gasteiger charge is -2.11. The number of hydrogen-bond donors (Lipinski definition) is 1. The van der Waals surface area contributed by atoms with Gasteiger partial charge in [0.05, 0.1) is 16.7 Å². The van der Waals surface area contributed by atoms with Crippen molar-refractivity contribution < 1.29 is 4.79 Å². The van der Waals surface area contributed by atoms with Gasteiger partial charge >= 0.3 is 0 Å². The molecule has 1 aromatic carbocycles. The van der Waals surface area contributed by atoms with Gasteiger partial charge in [-0.15, -0.1) is 0 Å². The van der Waals surface area contributed by atoms with Crippen LogP contribution in [0.25, 0.3) is 5.69 Å². The van der Waals surface area contributed by atoms with E-state index in [0.717, 1.165) is 35.5 Å². The molecule has 0 radical (unpaired) electrons. The average Bonchev–Trinajstić information content (AvgIpc) is 2.90. The molecule has 0 aliphatic rings. The van der Waals surface area contributed by atoms with Crippen LogP contribution in [-0.2, 0) is 17.6 Å². The minimum absolute atomic E-state index is 0.0521. The molecule has 0 unspecified atom stereocenters. The van der Waals surface area contributed by atoms with Gasteiger partial charge in [0.1, 0.15) is 0 Å².